The normalized spacial score (nSPS) is 15.9. The first-order valence-corrected chi connectivity index (χ1v) is 8.17. The molecule has 0 saturated heterocycles. The van der Waals surface area contributed by atoms with Gasteiger partial charge < -0.3 is 9.64 Å². The largest absolute Gasteiger partial charge is 0.490 e. The van der Waals surface area contributed by atoms with Crippen LogP contribution in [0.15, 0.2) is 42.5 Å². The number of carbonyl (C=O) groups excluding carboxylic acids is 1. The number of thiazole rings is 1. The van der Waals surface area contributed by atoms with E-state index < -0.39 is 5.92 Å². The molecule has 125 valence electrons. The van der Waals surface area contributed by atoms with E-state index in [-0.39, 0.29) is 26.1 Å². The smallest absolute Gasteiger partial charge is 0.301 e. The maximum Gasteiger partial charge on any atom is 0.301 e. The molecule has 0 bridgehead atoms. The first-order valence-electron chi connectivity index (χ1n) is 7.35. The Morgan fingerprint density at radius 3 is 2.75 bits per heavy atom. The Morgan fingerprint density at radius 2 is 2.00 bits per heavy atom. The first kappa shape index (κ1) is 17.0. The predicted octanol–water partition coefficient (Wildman–Crippen LogP) is 3.61. The van der Waals surface area contributed by atoms with Crippen molar-refractivity contribution in [3.8, 4) is 5.75 Å². The number of hydrogen-bond donors (Lipinski definition) is 0. The van der Waals surface area contributed by atoms with Crippen molar-refractivity contribution in [2.45, 2.75) is 5.92 Å². The number of rotatable bonds is 2. The van der Waals surface area contributed by atoms with E-state index in [1.54, 1.807) is 0 Å². The van der Waals surface area contributed by atoms with Gasteiger partial charge in [-0.15, -0.1) is 16.9 Å². The van der Waals surface area contributed by atoms with Crippen LogP contribution in [-0.2, 0) is 24.9 Å². The molecule has 0 fully saturated rings. The SMILES string of the molecule is CN(C)c1ccc2c(c1)OC(=O)C(c1nc3ccccc3s1)[CH-]2.[Ir]. The summed E-state index contributed by atoms with van der Waals surface area (Å²) in [7, 11) is 3.92. The van der Waals surface area contributed by atoms with Crippen molar-refractivity contribution in [1.82, 2.24) is 4.98 Å². The summed E-state index contributed by atoms with van der Waals surface area (Å²) in [5, 5.41) is 0.776. The number of anilines is 1. The third-order valence-corrected chi connectivity index (χ3v) is 5.02. The summed E-state index contributed by atoms with van der Waals surface area (Å²) in [5.74, 6) is -0.101. The van der Waals surface area contributed by atoms with Crippen LogP contribution < -0.4 is 9.64 Å². The number of benzene rings is 2. The van der Waals surface area contributed by atoms with Crippen molar-refractivity contribution in [2.75, 3.05) is 19.0 Å². The second-order valence-electron chi connectivity index (χ2n) is 5.70. The molecule has 2 aromatic carbocycles. The summed E-state index contributed by atoms with van der Waals surface area (Å²) in [4.78, 5) is 19.0. The minimum Gasteiger partial charge on any atom is -0.490 e. The van der Waals surface area contributed by atoms with Crippen LogP contribution in [0.4, 0.5) is 5.69 Å². The minimum absolute atomic E-state index is 0. The van der Waals surface area contributed by atoms with E-state index in [9.17, 15) is 4.79 Å². The third-order valence-electron chi connectivity index (χ3n) is 3.90. The van der Waals surface area contributed by atoms with Crippen LogP contribution in [0.3, 0.4) is 0 Å². The van der Waals surface area contributed by atoms with Crippen LogP contribution >= 0.6 is 11.3 Å². The van der Waals surface area contributed by atoms with Crippen molar-refractivity contribution in [3.63, 3.8) is 0 Å². The van der Waals surface area contributed by atoms with E-state index in [1.807, 2.05) is 67.9 Å². The summed E-state index contributed by atoms with van der Waals surface area (Å²) in [6.45, 7) is 0. The molecule has 1 aromatic heterocycles. The van der Waals surface area contributed by atoms with Gasteiger partial charge in [0.15, 0.2) is 0 Å². The van der Waals surface area contributed by atoms with Gasteiger partial charge in [0.1, 0.15) is 5.01 Å². The standard InChI is InChI=1S/C18H15N2O2S.Ir/c1-20(2)12-8-7-11-9-13(18(21)22-15(11)10-12)17-19-14-5-3-4-6-16(14)23-17;/h3-10,13H,1-2H3;/q-1;. The molecule has 4 rings (SSSR count). The second-order valence-corrected chi connectivity index (χ2v) is 6.76. The predicted molar refractivity (Wildman–Crippen MR) is 92.2 cm³/mol. The van der Waals surface area contributed by atoms with Gasteiger partial charge in [0.2, 0.25) is 0 Å². The maximum atomic E-state index is 12.4. The van der Waals surface area contributed by atoms with Crippen LogP contribution in [0.25, 0.3) is 10.2 Å². The fourth-order valence-electron chi connectivity index (χ4n) is 2.64. The third kappa shape index (κ3) is 2.93. The molecular formula is C18H15IrN2O2S-. The molecular weight excluding hydrogens is 500 g/mol. The molecule has 2 heterocycles. The molecule has 1 radical (unpaired) electrons. The number of hydrogen-bond acceptors (Lipinski definition) is 5. The first-order chi connectivity index (χ1) is 11.1. The second kappa shape index (κ2) is 6.55. The number of carbonyl (C=O) groups is 1. The van der Waals surface area contributed by atoms with E-state index >= 15 is 0 Å². The van der Waals surface area contributed by atoms with Crippen molar-refractivity contribution in [3.05, 3.63) is 59.5 Å². The molecule has 0 saturated carbocycles. The van der Waals surface area contributed by atoms with E-state index in [4.69, 9.17) is 4.74 Å². The molecule has 0 amide bonds. The number of fused-ring (bicyclic) bond motifs is 2. The zero-order valence-electron chi connectivity index (χ0n) is 13.1. The molecule has 24 heavy (non-hydrogen) atoms. The van der Waals surface area contributed by atoms with Crippen LogP contribution in [0.5, 0.6) is 5.75 Å². The number of ether oxygens (including phenoxy) is 1. The van der Waals surface area contributed by atoms with Crippen molar-refractivity contribution in [1.29, 1.82) is 0 Å². The molecule has 3 aromatic rings. The van der Waals surface area contributed by atoms with Crippen molar-refractivity contribution < 1.29 is 29.6 Å². The average Bonchev–Trinajstić information content (AvgIpc) is 2.97. The van der Waals surface area contributed by atoms with Crippen molar-refractivity contribution >= 4 is 33.2 Å². The fourth-order valence-corrected chi connectivity index (χ4v) is 3.67. The van der Waals surface area contributed by atoms with E-state index in [0.717, 1.165) is 26.5 Å². The monoisotopic (exact) mass is 516 g/mol. The van der Waals surface area contributed by atoms with Crippen molar-refractivity contribution in [2.24, 2.45) is 0 Å². The average molecular weight is 516 g/mol. The van der Waals surface area contributed by atoms with Crippen LogP contribution in [0, 0.1) is 6.42 Å². The number of aromatic nitrogens is 1. The van der Waals surface area contributed by atoms with Gasteiger partial charge in [-0.05, 0) is 12.1 Å². The van der Waals surface area contributed by atoms with Gasteiger partial charge in [-0.3, -0.25) is 4.79 Å². The Bertz CT molecular complexity index is 874. The molecule has 0 aliphatic carbocycles. The Hall–Kier alpha value is -1.88. The summed E-state index contributed by atoms with van der Waals surface area (Å²) >= 11 is 1.54. The fraction of sp³-hybridized carbons (Fsp3) is 0.167. The molecule has 1 aliphatic heterocycles. The van der Waals surface area contributed by atoms with E-state index in [0.29, 0.717) is 5.75 Å². The van der Waals surface area contributed by atoms with Crippen LogP contribution in [0.2, 0.25) is 0 Å². The molecule has 1 aliphatic rings. The molecule has 1 atom stereocenters. The summed E-state index contributed by atoms with van der Waals surface area (Å²) in [6.07, 6.45) is 1.94. The Balaban J connectivity index is 0.00000169. The zero-order valence-corrected chi connectivity index (χ0v) is 16.4. The summed E-state index contributed by atoms with van der Waals surface area (Å²) in [6, 6.07) is 13.8. The van der Waals surface area contributed by atoms with E-state index in [2.05, 4.69) is 4.98 Å². The molecule has 0 N–H and O–H groups in total. The van der Waals surface area contributed by atoms with Crippen LogP contribution in [-0.4, -0.2) is 25.0 Å². The van der Waals surface area contributed by atoms with Crippen LogP contribution in [0.1, 0.15) is 16.5 Å². The summed E-state index contributed by atoms with van der Waals surface area (Å²) < 4.78 is 6.64. The van der Waals surface area contributed by atoms with Gasteiger partial charge in [-0.2, -0.15) is 12.5 Å². The van der Waals surface area contributed by atoms with E-state index in [1.165, 1.54) is 11.3 Å². The van der Waals surface area contributed by atoms with Gasteiger partial charge in [-0.1, -0.05) is 24.3 Å². The topological polar surface area (TPSA) is 42.4 Å². The van der Waals surface area contributed by atoms with Gasteiger partial charge in [0, 0.05) is 45.6 Å². The molecule has 6 heteroatoms. The zero-order chi connectivity index (χ0) is 16.0. The molecule has 0 spiro atoms. The summed E-state index contributed by atoms with van der Waals surface area (Å²) in [5.41, 5.74) is 2.85. The van der Waals surface area contributed by atoms with Gasteiger partial charge >= 0.3 is 5.97 Å². The molecule has 4 nitrogen and oxygen atoms in total. The molecule has 1 unspecified atom stereocenters. The Labute approximate surface area is 157 Å². The quantitative estimate of drug-likeness (QED) is 0.297. The van der Waals surface area contributed by atoms with Gasteiger partial charge in [0.25, 0.3) is 0 Å². The van der Waals surface area contributed by atoms with Gasteiger partial charge in [0.05, 0.1) is 16.1 Å². The Morgan fingerprint density at radius 1 is 1.21 bits per heavy atom. The minimum atomic E-state index is -0.440. The number of para-hydroxylation sites is 1. The Kier molecular flexibility index (Phi) is 4.63. The number of nitrogens with zero attached hydrogens (tertiary/aromatic N) is 2. The van der Waals surface area contributed by atoms with Gasteiger partial charge in [-0.25, -0.2) is 4.98 Å². The maximum absolute atomic E-state index is 12.4. The number of esters is 1.